The van der Waals surface area contributed by atoms with Gasteiger partial charge in [0.15, 0.2) is 0 Å². The van der Waals surface area contributed by atoms with Gasteiger partial charge in [-0.2, -0.15) is 0 Å². The highest BCUT2D eigenvalue weighted by Crippen LogP contribution is 2.25. The van der Waals surface area contributed by atoms with E-state index < -0.39 is 0 Å². The summed E-state index contributed by atoms with van der Waals surface area (Å²) in [6, 6.07) is 0. The Hall–Kier alpha value is -0.0500. The standard InChI is InChI=1S/C9H16ClNO/c10-3-1-2-4-11-7-8-5-9(12)6-8/h1-2,8-9,11-12H,3-7H2/b2-1+. The van der Waals surface area contributed by atoms with E-state index in [0.29, 0.717) is 11.8 Å². The topological polar surface area (TPSA) is 32.3 Å². The highest BCUT2D eigenvalue weighted by molar-refractivity contribution is 6.18. The molecule has 70 valence electrons. The molecule has 0 aromatic rings. The molecular formula is C9H16ClNO. The van der Waals surface area contributed by atoms with Gasteiger partial charge in [0.1, 0.15) is 0 Å². The molecule has 0 saturated heterocycles. The molecule has 0 atom stereocenters. The van der Waals surface area contributed by atoms with E-state index in [9.17, 15) is 0 Å². The van der Waals surface area contributed by atoms with Crippen LogP contribution in [0, 0.1) is 5.92 Å². The van der Waals surface area contributed by atoms with E-state index in [2.05, 4.69) is 5.32 Å². The predicted molar refractivity (Wildman–Crippen MR) is 51.5 cm³/mol. The monoisotopic (exact) mass is 189 g/mol. The maximum atomic E-state index is 9.00. The minimum Gasteiger partial charge on any atom is -0.393 e. The molecule has 0 spiro atoms. The molecule has 0 aliphatic heterocycles. The largest absolute Gasteiger partial charge is 0.393 e. The quantitative estimate of drug-likeness (QED) is 0.386. The van der Waals surface area contributed by atoms with Crippen molar-refractivity contribution in [1.82, 2.24) is 5.32 Å². The third kappa shape index (κ3) is 3.57. The van der Waals surface area contributed by atoms with E-state index in [1.807, 2.05) is 12.2 Å². The van der Waals surface area contributed by atoms with Crippen LogP contribution in [0.2, 0.25) is 0 Å². The first-order valence-electron chi connectivity index (χ1n) is 4.42. The third-order valence-electron chi connectivity index (χ3n) is 2.16. The molecule has 0 heterocycles. The second kappa shape index (κ2) is 5.57. The van der Waals surface area contributed by atoms with Crippen LogP contribution in [0.4, 0.5) is 0 Å². The van der Waals surface area contributed by atoms with Gasteiger partial charge in [-0.15, -0.1) is 11.6 Å². The fourth-order valence-corrected chi connectivity index (χ4v) is 1.51. The average molecular weight is 190 g/mol. The van der Waals surface area contributed by atoms with Gasteiger partial charge in [0.05, 0.1) is 6.10 Å². The lowest BCUT2D eigenvalue weighted by molar-refractivity contribution is 0.0435. The number of hydrogen-bond acceptors (Lipinski definition) is 2. The second-order valence-electron chi connectivity index (χ2n) is 3.28. The van der Waals surface area contributed by atoms with E-state index in [-0.39, 0.29) is 6.10 Å². The molecule has 2 nitrogen and oxygen atoms in total. The van der Waals surface area contributed by atoms with Crippen molar-refractivity contribution in [1.29, 1.82) is 0 Å². The van der Waals surface area contributed by atoms with Gasteiger partial charge in [-0.3, -0.25) is 0 Å². The van der Waals surface area contributed by atoms with Crippen LogP contribution < -0.4 is 5.32 Å². The summed E-state index contributed by atoms with van der Waals surface area (Å²) < 4.78 is 0. The zero-order valence-corrected chi connectivity index (χ0v) is 7.93. The molecule has 1 rings (SSSR count). The molecule has 1 aliphatic rings. The zero-order chi connectivity index (χ0) is 8.81. The molecule has 0 bridgehead atoms. The van der Waals surface area contributed by atoms with Crippen LogP contribution in [0.15, 0.2) is 12.2 Å². The summed E-state index contributed by atoms with van der Waals surface area (Å²) >= 11 is 5.45. The number of alkyl halides is 1. The van der Waals surface area contributed by atoms with Crippen molar-refractivity contribution in [3.05, 3.63) is 12.2 Å². The van der Waals surface area contributed by atoms with E-state index in [1.54, 1.807) is 0 Å². The molecule has 0 amide bonds. The number of aliphatic hydroxyl groups excluding tert-OH is 1. The first-order valence-corrected chi connectivity index (χ1v) is 4.96. The number of aliphatic hydroxyl groups is 1. The Bertz CT molecular complexity index is 143. The van der Waals surface area contributed by atoms with Gasteiger partial charge in [-0.1, -0.05) is 12.2 Å². The highest BCUT2D eigenvalue weighted by Gasteiger charge is 2.25. The van der Waals surface area contributed by atoms with Crippen molar-refractivity contribution in [2.75, 3.05) is 19.0 Å². The molecule has 0 unspecified atom stereocenters. The minimum absolute atomic E-state index is 0.0322. The Labute approximate surface area is 78.6 Å². The van der Waals surface area contributed by atoms with Crippen LogP contribution in [-0.2, 0) is 0 Å². The van der Waals surface area contributed by atoms with Gasteiger partial charge in [-0.25, -0.2) is 0 Å². The van der Waals surface area contributed by atoms with Crippen molar-refractivity contribution >= 4 is 11.6 Å². The summed E-state index contributed by atoms with van der Waals surface area (Å²) in [5.41, 5.74) is 0. The second-order valence-corrected chi connectivity index (χ2v) is 3.58. The van der Waals surface area contributed by atoms with Gasteiger partial charge < -0.3 is 10.4 Å². The first-order chi connectivity index (χ1) is 5.83. The summed E-state index contributed by atoms with van der Waals surface area (Å²) in [5, 5.41) is 12.3. The van der Waals surface area contributed by atoms with Crippen LogP contribution in [0.5, 0.6) is 0 Å². The average Bonchev–Trinajstić information content (AvgIpc) is 2.00. The predicted octanol–water partition coefficient (Wildman–Crippen LogP) is 1.14. The molecule has 1 aliphatic carbocycles. The normalized spacial score (nSPS) is 29.2. The highest BCUT2D eigenvalue weighted by atomic mass is 35.5. The summed E-state index contributed by atoms with van der Waals surface area (Å²) in [6.07, 6.45) is 5.86. The lowest BCUT2D eigenvalue weighted by atomic mass is 9.82. The molecule has 12 heavy (non-hydrogen) atoms. The maximum Gasteiger partial charge on any atom is 0.0546 e. The van der Waals surface area contributed by atoms with Gasteiger partial charge in [0, 0.05) is 12.4 Å². The van der Waals surface area contributed by atoms with Crippen LogP contribution in [-0.4, -0.2) is 30.2 Å². The molecule has 0 aromatic carbocycles. The van der Waals surface area contributed by atoms with Crippen molar-refractivity contribution in [3.63, 3.8) is 0 Å². The van der Waals surface area contributed by atoms with E-state index >= 15 is 0 Å². The summed E-state index contributed by atoms with van der Waals surface area (Å²) in [7, 11) is 0. The van der Waals surface area contributed by atoms with Crippen molar-refractivity contribution in [2.24, 2.45) is 5.92 Å². The fourth-order valence-electron chi connectivity index (χ4n) is 1.38. The van der Waals surface area contributed by atoms with Gasteiger partial charge >= 0.3 is 0 Å². The maximum absolute atomic E-state index is 9.00. The van der Waals surface area contributed by atoms with Crippen molar-refractivity contribution in [3.8, 4) is 0 Å². The van der Waals surface area contributed by atoms with Crippen LogP contribution >= 0.6 is 11.6 Å². The molecule has 0 radical (unpaired) electrons. The lowest BCUT2D eigenvalue weighted by Crippen LogP contribution is -2.36. The Balaban J connectivity index is 1.86. The van der Waals surface area contributed by atoms with Gasteiger partial charge in [0.2, 0.25) is 0 Å². The van der Waals surface area contributed by atoms with Crippen molar-refractivity contribution in [2.45, 2.75) is 18.9 Å². The smallest absolute Gasteiger partial charge is 0.0546 e. The van der Waals surface area contributed by atoms with Crippen LogP contribution in [0.3, 0.4) is 0 Å². The van der Waals surface area contributed by atoms with Gasteiger partial charge in [-0.05, 0) is 25.3 Å². The summed E-state index contributed by atoms with van der Waals surface area (Å²) in [6.45, 7) is 1.91. The fraction of sp³-hybridized carbons (Fsp3) is 0.778. The Morgan fingerprint density at radius 2 is 2.17 bits per heavy atom. The summed E-state index contributed by atoms with van der Waals surface area (Å²) in [5.74, 6) is 1.27. The van der Waals surface area contributed by atoms with Crippen LogP contribution in [0.25, 0.3) is 0 Å². The molecule has 2 N–H and O–H groups in total. The van der Waals surface area contributed by atoms with Gasteiger partial charge in [0.25, 0.3) is 0 Å². The molecule has 1 fully saturated rings. The number of rotatable bonds is 5. The van der Waals surface area contributed by atoms with E-state index in [1.165, 1.54) is 0 Å². The number of hydrogen-bond donors (Lipinski definition) is 2. The first kappa shape index (κ1) is 10.0. The molecular weight excluding hydrogens is 174 g/mol. The molecule has 1 saturated carbocycles. The SMILES string of the molecule is OC1CC(CNC/C=C/CCl)C1. The molecule has 3 heteroatoms. The Kier molecular flexibility index (Phi) is 4.66. The Morgan fingerprint density at radius 3 is 2.75 bits per heavy atom. The number of nitrogens with one attached hydrogen (secondary N) is 1. The number of allylic oxidation sites excluding steroid dienone is 1. The van der Waals surface area contributed by atoms with Crippen LogP contribution in [0.1, 0.15) is 12.8 Å². The molecule has 0 aromatic heterocycles. The van der Waals surface area contributed by atoms with E-state index in [4.69, 9.17) is 16.7 Å². The Morgan fingerprint density at radius 1 is 1.42 bits per heavy atom. The minimum atomic E-state index is -0.0322. The summed E-state index contributed by atoms with van der Waals surface area (Å²) in [4.78, 5) is 0. The zero-order valence-electron chi connectivity index (χ0n) is 7.17. The van der Waals surface area contributed by atoms with E-state index in [0.717, 1.165) is 25.9 Å². The number of halogens is 1. The third-order valence-corrected chi connectivity index (χ3v) is 2.34. The lowest BCUT2D eigenvalue weighted by Gasteiger charge is -2.31. The van der Waals surface area contributed by atoms with Crippen molar-refractivity contribution < 1.29 is 5.11 Å².